The van der Waals surface area contributed by atoms with Gasteiger partial charge in [0, 0.05) is 13.0 Å². The van der Waals surface area contributed by atoms with Gasteiger partial charge in [0.25, 0.3) is 0 Å². The van der Waals surface area contributed by atoms with Crippen LogP contribution in [-0.4, -0.2) is 18.4 Å². The van der Waals surface area contributed by atoms with Gasteiger partial charge in [0.2, 0.25) is 0 Å². The molecule has 0 atom stereocenters. The molecule has 0 radical (unpaired) electrons. The fourth-order valence-corrected chi connectivity index (χ4v) is 0.495. The van der Waals surface area contributed by atoms with E-state index in [9.17, 15) is 4.79 Å². The SMILES string of the molecule is C#CC(C)(C)NCCC=O. The first-order valence-corrected chi connectivity index (χ1v) is 3.29. The molecule has 0 aliphatic carbocycles. The van der Waals surface area contributed by atoms with E-state index in [0.29, 0.717) is 13.0 Å². The number of hydrogen-bond donors (Lipinski definition) is 1. The molecule has 0 aliphatic rings. The van der Waals surface area contributed by atoms with Gasteiger partial charge in [0.1, 0.15) is 6.29 Å². The van der Waals surface area contributed by atoms with Crippen LogP contribution in [0, 0.1) is 12.3 Å². The van der Waals surface area contributed by atoms with Crippen LogP contribution in [0.3, 0.4) is 0 Å². The molecule has 10 heavy (non-hydrogen) atoms. The van der Waals surface area contributed by atoms with Gasteiger partial charge in [-0.25, -0.2) is 0 Å². The standard InChI is InChI=1S/C8H13NO/c1-4-8(2,3)9-6-5-7-10/h1,7,9H,5-6H2,2-3H3. The van der Waals surface area contributed by atoms with E-state index in [0.717, 1.165) is 6.29 Å². The number of nitrogens with one attached hydrogen (secondary N) is 1. The van der Waals surface area contributed by atoms with Crippen LogP contribution in [0.2, 0.25) is 0 Å². The molecule has 0 unspecified atom stereocenters. The van der Waals surface area contributed by atoms with Crippen LogP contribution in [-0.2, 0) is 4.79 Å². The lowest BCUT2D eigenvalue weighted by Gasteiger charge is -2.18. The van der Waals surface area contributed by atoms with Crippen LogP contribution in [0.1, 0.15) is 20.3 Å². The molecule has 0 bridgehead atoms. The van der Waals surface area contributed by atoms with Crippen LogP contribution >= 0.6 is 0 Å². The summed E-state index contributed by atoms with van der Waals surface area (Å²) < 4.78 is 0. The molecule has 0 amide bonds. The van der Waals surface area contributed by atoms with Crippen molar-refractivity contribution < 1.29 is 4.79 Å². The summed E-state index contributed by atoms with van der Waals surface area (Å²) in [6, 6.07) is 0. The third-order valence-corrected chi connectivity index (χ3v) is 1.19. The van der Waals surface area contributed by atoms with Gasteiger partial charge in [-0.3, -0.25) is 0 Å². The Bertz CT molecular complexity index is 144. The van der Waals surface area contributed by atoms with Crippen LogP contribution in [0.15, 0.2) is 0 Å². The van der Waals surface area contributed by atoms with Gasteiger partial charge in [0.05, 0.1) is 5.54 Å². The molecule has 2 heteroatoms. The Labute approximate surface area is 62.0 Å². The van der Waals surface area contributed by atoms with Crippen molar-refractivity contribution in [3.05, 3.63) is 0 Å². The first-order valence-electron chi connectivity index (χ1n) is 3.29. The largest absolute Gasteiger partial charge is 0.303 e. The second-order valence-electron chi connectivity index (χ2n) is 2.65. The lowest BCUT2D eigenvalue weighted by molar-refractivity contribution is -0.107. The normalized spacial score (nSPS) is 10.5. The number of carbonyl (C=O) groups is 1. The van der Waals surface area contributed by atoms with Crippen LogP contribution in [0.4, 0.5) is 0 Å². The van der Waals surface area contributed by atoms with Gasteiger partial charge in [-0.05, 0) is 13.8 Å². The summed E-state index contributed by atoms with van der Waals surface area (Å²) in [5, 5.41) is 3.04. The van der Waals surface area contributed by atoms with Crippen molar-refractivity contribution in [2.75, 3.05) is 6.54 Å². The monoisotopic (exact) mass is 139 g/mol. The summed E-state index contributed by atoms with van der Waals surface area (Å²) >= 11 is 0. The van der Waals surface area contributed by atoms with E-state index in [-0.39, 0.29) is 5.54 Å². The molecule has 0 rings (SSSR count). The van der Waals surface area contributed by atoms with Crippen molar-refractivity contribution >= 4 is 6.29 Å². The molecule has 0 heterocycles. The van der Waals surface area contributed by atoms with Crippen molar-refractivity contribution in [2.45, 2.75) is 25.8 Å². The number of hydrogen-bond acceptors (Lipinski definition) is 2. The fourth-order valence-electron chi connectivity index (χ4n) is 0.495. The minimum Gasteiger partial charge on any atom is -0.303 e. The smallest absolute Gasteiger partial charge is 0.121 e. The molecule has 1 N–H and O–H groups in total. The molecule has 0 aliphatic heterocycles. The number of aldehydes is 1. The molecule has 0 aromatic carbocycles. The molecule has 0 saturated carbocycles. The third kappa shape index (κ3) is 4.11. The predicted octanol–water partition coefficient (Wildman–Crippen LogP) is 0.577. The van der Waals surface area contributed by atoms with Crippen molar-refractivity contribution in [1.29, 1.82) is 0 Å². The Morgan fingerprint density at radius 1 is 1.70 bits per heavy atom. The molecule has 0 aromatic rings. The van der Waals surface area contributed by atoms with Gasteiger partial charge in [-0.15, -0.1) is 6.42 Å². The summed E-state index contributed by atoms with van der Waals surface area (Å²) in [6.07, 6.45) is 6.58. The lowest BCUT2D eigenvalue weighted by Crippen LogP contribution is -2.38. The molecule has 0 spiro atoms. The average Bonchev–Trinajstić information content (AvgIpc) is 1.89. The molecule has 0 fully saturated rings. The zero-order valence-corrected chi connectivity index (χ0v) is 6.48. The van der Waals surface area contributed by atoms with Crippen LogP contribution < -0.4 is 5.32 Å². The van der Waals surface area contributed by atoms with Crippen molar-refractivity contribution in [1.82, 2.24) is 5.32 Å². The van der Waals surface area contributed by atoms with Gasteiger partial charge in [-0.2, -0.15) is 0 Å². The molecular weight excluding hydrogens is 126 g/mol. The molecule has 0 aromatic heterocycles. The highest BCUT2D eigenvalue weighted by Crippen LogP contribution is 1.97. The minimum absolute atomic E-state index is 0.289. The second kappa shape index (κ2) is 4.08. The summed E-state index contributed by atoms with van der Waals surface area (Å²) in [5.41, 5.74) is -0.289. The highest BCUT2D eigenvalue weighted by atomic mass is 16.1. The zero-order valence-electron chi connectivity index (χ0n) is 6.48. The summed E-state index contributed by atoms with van der Waals surface area (Å²) in [4.78, 5) is 9.89. The Balaban J connectivity index is 3.49. The Morgan fingerprint density at radius 2 is 2.30 bits per heavy atom. The van der Waals surface area contributed by atoms with Gasteiger partial charge in [-0.1, -0.05) is 5.92 Å². The van der Waals surface area contributed by atoms with Crippen LogP contribution in [0.25, 0.3) is 0 Å². The lowest BCUT2D eigenvalue weighted by atomic mass is 10.1. The molecule has 56 valence electrons. The maximum Gasteiger partial charge on any atom is 0.121 e. The minimum atomic E-state index is -0.289. The first kappa shape index (κ1) is 9.19. The van der Waals surface area contributed by atoms with Crippen molar-refractivity contribution in [2.24, 2.45) is 0 Å². The van der Waals surface area contributed by atoms with E-state index >= 15 is 0 Å². The van der Waals surface area contributed by atoms with E-state index in [1.165, 1.54) is 0 Å². The number of terminal acetylenes is 1. The van der Waals surface area contributed by atoms with Gasteiger partial charge < -0.3 is 10.1 Å². The maximum absolute atomic E-state index is 9.89. The highest BCUT2D eigenvalue weighted by molar-refractivity contribution is 5.49. The van der Waals surface area contributed by atoms with E-state index < -0.39 is 0 Å². The molecular formula is C8H13NO. The van der Waals surface area contributed by atoms with Crippen LogP contribution in [0.5, 0.6) is 0 Å². The zero-order chi connectivity index (χ0) is 8.04. The van der Waals surface area contributed by atoms with Crippen molar-refractivity contribution in [3.8, 4) is 12.3 Å². The highest BCUT2D eigenvalue weighted by Gasteiger charge is 2.10. The molecule has 2 nitrogen and oxygen atoms in total. The van der Waals surface area contributed by atoms with E-state index in [1.54, 1.807) is 0 Å². The topological polar surface area (TPSA) is 29.1 Å². The quantitative estimate of drug-likeness (QED) is 0.350. The Kier molecular flexibility index (Phi) is 3.75. The fraction of sp³-hybridized carbons (Fsp3) is 0.625. The van der Waals surface area contributed by atoms with Gasteiger partial charge in [0.15, 0.2) is 0 Å². The first-order chi connectivity index (χ1) is 4.62. The maximum atomic E-state index is 9.89. The average molecular weight is 139 g/mol. The van der Waals surface area contributed by atoms with E-state index in [1.807, 2.05) is 13.8 Å². The summed E-state index contributed by atoms with van der Waals surface area (Å²) in [7, 11) is 0. The second-order valence-corrected chi connectivity index (χ2v) is 2.65. The summed E-state index contributed by atoms with van der Waals surface area (Å²) in [6.45, 7) is 4.45. The third-order valence-electron chi connectivity index (χ3n) is 1.19. The number of carbonyl (C=O) groups excluding carboxylic acids is 1. The van der Waals surface area contributed by atoms with Gasteiger partial charge >= 0.3 is 0 Å². The van der Waals surface area contributed by atoms with E-state index in [2.05, 4.69) is 11.2 Å². The Hall–Kier alpha value is -0.810. The number of rotatable bonds is 4. The molecule has 0 saturated heterocycles. The van der Waals surface area contributed by atoms with E-state index in [4.69, 9.17) is 6.42 Å². The predicted molar refractivity (Wildman–Crippen MR) is 41.6 cm³/mol. The Morgan fingerprint density at radius 3 is 2.70 bits per heavy atom. The van der Waals surface area contributed by atoms with Crippen molar-refractivity contribution in [3.63, 3.8) is 0 Å². The summed E-state index contributed by atoms with van der Waals surface area (Å²) in [5.74, 6) is 2.57.